The molecule has 2 N–H and O–H groups in total. The molecule has 1 rings (SSSR count). The minimum atomic E-state index is -3.59. The van der Waals surface area contributed by atoms with Crippen LogP contribution in [0.1, 0.15) is 13.8 Å². The van der Waals surface area contributed by atoms with Crippen LogP contribution in [-0.2, 0) is 10.0 Å². The van der Waals surface area contributed by atoms with Crippen molar-refractivity contribution in [2.24, 2.45) is 0 Å². The van der Waals surface area contributed by atoms with Gasteiger partial charge >= 0.3 is 0 Å². The van der Waals surface area contributed by atoms with Gasteiger partial charge in [-0.3, -0.25) is 0 Å². The van der Waals surface area contributed by atoms with Gasteiger partial charge in [-0.15, -0.1) is 11.3 Å². The fraction of sp³-hybridized carbons (Fsp3) is 0.500. The molecule has 0 bridgehead atoms. The van der Waals surface area contributed by atoms with E-state index in [4.69, 9.17) is 16.7 Å². The van der Waals surface area contributed by atoms with Crippen LogP contribution in [0.5, 0.6) is 0 Å². The summed E-state index contributed by atoms with van der Waals surface area (Å²) in [6.45, 7) is 2.92. The van der Waals surface area contributed by atoms with Crippen molar-refractivity contribution >= 4 is 33.0 Å². The van der Waals surface area contributed by atoms with Crippen LogP contribution < -0.4 is 4.72 Å². The quantitative estimate of drug-likeness (QED) is 0.869. The normalized spacial score (nSPS) is 13.1. The first kappa shape index (κ1) is 12.9. The van der Waals surface area contributed by atoms with E-state index < -0.39 is 15.6 Å². The summed E-state index contributed by atoms with van der Waals surface area (Å²) in [5.74, 6) is 0. The van der Waals surface area contributed by atoms with Crippen LogP contribution in [0.25, 0.3) is 0 Å². The molecule has 7 heteroatoms. The molecule has 0 aliphatic carbocycles. The van der Waals surface area contributed by atoms with Crippen molar-refractivity contribution in [2.45, 2.75) is 23.6 Å². The summed E-state index contributed by atoms with van der Waals surface area (Å²) in [4.78, 5) is 0. The summed E-state index contributed by atoms with van der Waals surface area (Å²) in [6, 6.07) is 2.95. The summed E-state index contributed by atoms with van der Waals surface area (Å²) in [5.41, 5.74) is -0.880. The van der Waals surface area contributed by atoms with Gasteiger partial charge in [0.05, 0.1) is 16.5 Å². The van der Waals surface area contributed by atoms with E-state index in [0.717, 1.165) is 11.3 Å². The number of sulfonamides is 1. The van der Waals surface area contributed by atoms with E-state index in [1.807, 2.05) is 0 Å². The van der Waals surface area contributed by atoms with Crippen molar-refractivity contribution in [3.05, 3.63) is 16.5 Å². The van der Waals surface area contributed by atoms with Crippen LogP contribution in [0.2, 0.25) is 4.34 Å². The first-order valence-corrected chi connectivity index (χ1v) is 6.85. The van der Waals surface area contributed by atoms with Crippen molar-refractivity contribution in [3.8, 4) is 0 Å². The van der Waals surface area contributed by atoms with E-state index in [1.165, 1.54) is 12.1 Å². The molecule has 0 saturated heterocycles. The van der Waals surface area contributed by atoms with Gasteiger partial charge in [0.15, 0.2) is 0 Å². The Morgan fingerprint density at radius 3 is 2.53 bits per heavy atom. The lowest BCUT2D eigenvalue weighted by molar-refractivity contribution is 0.208. The van der Waals surface area contributed by atoms with E-state index in [2.05, 4.69) is 4.72 Å². The van der Waals surface area contributed by atoms with Gasteiger partial charge in [-0.25, -0.2) is 13.1 Å². The number of aliphatic hydroxyl groups excluding tert-OH is 1. The highest BCUT2D eigenvalue weighted by Gasteiger charge is 2.26. The lowest BCUT2D eigenvalue weighted by Crippen LogP contribution is -2.45. The van der Waals surface area contributed by atoms with E-state index in [9.17, 15) is 8.42 Å². The molecular weight excluding hydrogens is 258 g/mol. The Hall–Kier alpha value is -0.140. The summed E-state index contributed by atoms with van der Waals surface area (Å²) >= 11 is 6.63. The second-order valence-corrected chi connectivity index (χ2v) is 7.33. The Morgan fingerprint density at radius 1 is 1.53 bits per heavy atom. The minimum absolute atomic E-state index is 0.147. The lowest BCUT2D eigenvalue weighted by atomic mass is 10.1. The van der Waals surface area contributed by atoms with Crippen LogP contribution in [0.3, 0.4) is 0 Å². The molecule has 1 aromatic heterocycles. The topological polar surface area (TPSA) is 66.4 Å². The first-order valence-electron chi connectivity index (χ1n) is 4.17. The second kappa shape index (κ2) is 4.39. The molecule has 0 aliphatic rings. The maximum absolute atomic E-state index is 11.7. The third-order valence-electron chi connectivity index (χ3n) is 1.62. The average molecular weight is 270 g/mol. The molecule has 0 aromatic carbocycles. The zero-order valence-corrected chi connectivity index (χ0v) is 10.7. The SMILES string of the molecule is CC(C)(CO)NS(=O)(=O)c1ccc(Cl)s1. The standard InChI is InChI=1S/C8H12ClNO3S2/c1-8(2,5-11)10-15(12,13)7-4-3-6(9)14-7/h3-4,10-11H,5H2,1-2H3. The third-order valence-corrected chi connectivity index (χ3v) is 5.04. The molecule has 0 atom stereocenters. The van der Waals surface area contributed by atoms with Crippen molar-refractivity contribution in [1.82, 2.24) is 4.72 Å². The van der Waals surface area contributed by atoms with Gasteiger partial charge in [0.1, 0.15) is 4.21 Å². The maximum atomic E-state index is 11.7. The smallest absolute Gasteiger partial charge is 0.250 e. The number of aliphatic hydroxyl groups is 1. The Bertz CT molecular complexity index is 438. The molecule has 0 saturated carbocycles. The van der Waals surface area contributed by atoms with Gasteiger partial charge in [0.2, 0.25) is 0 Å². The number of rotatable bonds is 4. The predicted molar refractivity (Wildman–Crippen MR) is 60.8 cm³/mol. The van der Waals surface area contributed by atoms with Crippen LogP contribution in [0, 0.1) is 0 Å². The van der Waals surface area contributed by atoms with E-state index in [-0.39, 0.29) is 10.8 Å². The monoisotopic (exact) mass is 269 g/mol. The van der Waals surface area contributed by atoms with Crippen molar-refractivity contribution in [3.63, 3.8) is 0 Å². The van der Waals surface area contributed by atoms with Crippen LogP contribution in [0.4, 0.5) is 0 Å². The number of halogens is 1. The van der Waals surface area contributed by atoms with Crippen LogP contribution >= 0.6 is 22.9 Å². The molecule has 4 nitrogen and oxygen atoms in total. The highest BCUT2D eigenvalue weighted by atomic mass is 35.5. The molecule has 0 aliphatic heterocycles. The van der Waals surface area contributed by atoms with Gasteiger partial charge in [0, 0.05) is 0 Å². The van der Waals surface area contributed by atoms with E-state index in [1.54, 1.807) is 13.8 Å². The summed E-state index contributed by atoms with van der Waals surface area (Å²) < 4.78 is 26.4. The van der Waals surface area contributed by atoms with Gasteiger partial charge in [-0.2, -0.15) is 0 Å². The molecule has 15 heavy (non-hydrogen) atoms. The summed E-state index contributed by atoms with van der Waals surface area (Å²) in [5, 5.41) is 8.96. The predicted octanol–water partition coefficient (Wildman–Crippen LogP) is 1.45. The van der Waals surface area contributed by atoms with Gasteiger partial charge in [0.25, 0.3) is 10.0 Å². The number of nitrogens with one attached hydrogen (secondary N) is 1. The maximum Gasteiger partial charge on any atom is 0.250 e. The molecule has 0 radical (unpaired) electrons. The highest BCUT2D eigenvalue weighted by molar-refractivity contribution is 7.91. The average Bonchev–Trinajstić information content (AvgIpc) is 2.51. The van der Waals surface area contributed by atoms with E-state index >= 15 is 0 Å². The fourth-order valence-corrected chi connectivity index (χ4v) is 3.78. The zero-order chi connectivity index (χ0) is 11.7. The molecule has 0 amide bonds. The zero-order valence-electron chi connectivity index (χ0n) is 8.32. The Kier molecular flexibility index (Phi) is 3.78. The molecule has 0 unspecified atom stereocenters. The highest BCUT2D eigenvalue weighted by Crippen LogP contribution is 2.26. The third kappa shape index (κ3) is 3.42. The number of hydrogen-bond acceptors (Lipinski definition) is 4. The summed E-state index contributed by atoms with van der Waals surface area (Å²) in [7, 11) is -3.59. The minimum Gasteiger partial charge on any atom is -0.394 e. The second-order valence-electron chi connectivity index (χ2n) is 3.71. The van der Waals surface area contributed by atoms with Crippen molar-refractivity contribution < 1.29 is 13.5 Å². The van der Waals surface area contributed by atoms with Gasteiger partial charge in [-0.05, 0) is 26.0 Å². The van der Waals surface area contributed by atoms with Gasteiger partial charge < -0.3 is 5.11 Å². The van der Waals surface area contributed by atoms with Gasteiger partial charge in [-0.1, -0.05) is 11.6 Å². The first-order chi connectivity index (χ1) is 6.77. The van der Waals surface area contributed by atoms with E-state index in [0.29, 0.717) is 4.34 Å². The molecule has 0 fully saturated rings. The lowest BCUT2D eigenvalue weighted by Gasteiger charge is -2.22. The molecule has 1 aromatic rings. The number of hydrogen-bond donors (Lipinski definition) is 2. The van der Waals surface area contributed by atoms with Crippen LogP contribution in [-0.4, -0.2) is 25.7 Å². The molecule has 0 spiro atoms. The molecular formula is C8H12ClNO3S2. The van der Waals surface area contributed by atoms with Crippen molar-refractivity contribution in [2.75, 3.05) is 6.61 Å². The Morgan fingerprint density at radius 2 is 2.13 bits per heavy atom. The largest absolute Gasteiger partial charge is 0.394 e. The van der Waals surface area contributed by atoms with Crippen LogP contribution in [0.15, 0.2) is 16.3 Å². The molecule has 86 valence electrons. The van der Waals surface area contributed by atoms with Crippen molar-refractivity contribution in [1.29, 1.82) is 0 Å². The fourth-order valence-electron chi connectivity index (χ4n) is 0.888. The summed E-state index contributed by atoms with van der Waals surface area (Å²) in [6.07, 6.45) is 0. The Labute approximate surface area is 97.9 Å². The number of thiophene rings is 1. The molecule has 1 heterocycles. The Balaban J connectivity index is 2.95.